The maximum absolute atomic E-state index is 12.6. The minimum atomic E-state index is -0.820. The molecule has 1 aliphatic rings. The second-order valence-electron chi connectivity index (χ2n) is 6.19. The zero-order valence-corrected chi connectivity index (χ0v) is 14.3. The number of hydrogen-bond acceptors (Lipinski definition) is 4. The Labute approximate surface area is 145 Å². The van der Waals surface area contributed by atoms with Crippen LogP contribution in [0.5, 0.6) is 0 Å². The van der Waals surface area contributed by atoms with Gasteiger partial charge >= 0.3 is 5.97 Å². The van der Waals surface area contributed by atoms with E-state index in [0.717, 1.165) is 22.7 Å². The molecule has 6 heteroatoms. The Morgan fingerprint density at radius 3 is 2.75 bits per heavy atom. The first kappa shape index (κ1) is 16.6. The van der Waals surface area contributed by atoms with Crippen molar-refractivity contribution < 1.29 is 14.7 Å². The molecule has 1 aliphatic heterocycles. The van der Waals surface area contributed by atoms with Crippen LogP contribution in [0.2, 0.25) is 0 Å². The van der Waals surface area contributed by atoms with Gasteiger partial charge in [0, 0.05) is 23.5 Å². The van der Waals surface area contributed by atoms with Crippen molar-refractivity contribution in [2.24, 2.45) is 5.92 Å². The summed E-state index contributed by atoms with van der Waals surface area (Å²) >= 11 is 1.52. The number of carboxylic acid groups (broad SMARTS) is 1. The molecule has 2 unspecified atom stereocenters. The first-order valence-electron chi connectivity index (χ1n) is 8.06. The highest BCUT2D eigenvalue weighted by Gasteiger charge is 2.32. The molecule has 0 bridgehead atoms. The highest BCUT2D eigenvalue weighted by molar-refractivity contribution is 7.13. The molecule has 2 atom stereocenters. The van der Waals surface area contributed by atoms with Gasteiger partial charge in [0.25, 0.3) is 0 Å². The lowest BCUT2D eigenvalue weighted by Crippen LogP contribution is -2.47. The van der Waals surface area contributed by atoms with E-state index in [1.165, 1.54) is 11.3 Å². The van der Waals surface area contributed by atoms with Gasteiger partial charge in [0.15, 0.2) is 0 Å². The van der Waals surface area contributed by atoms with Crippen LogP contribution in [0, 0.1) is 5.92 Å². The third-order valence-electron chi connectivity index (χ3n) is 4.46. The highest BCUT2D eigenvalue weighted by Crippen LogP contribution is 2.25. The second-order valence-corrected chi connectivity index (χ2v) is 7.05. The number of amides is 1. The van der Waals surface area contributed by atoms with Gasteiger partial charge in [0.1, 0.15) is 5.01 Å². The van der Waals surface area contributed by atoms with Crippen LogP contribution in [-0.4, -0.2) is 39.5 Å². The van der Waals surface area contributed by atoms with E-state index in [0.29, 0.717) is 13.0 Å². The molecular formula is C18H20N2O3S. The number of nitrogens with zero attached hydrogens (tertiary/aromatic N) is 2. The number of aromatic nitrogens is 1. The van der Waals surface area contributed by atoms with E-state index >= 15 is 0 Å². The molecule has 0 spiro atoms. The number of carboxylic acids is 1. The Bertz CT molecular complexity index is 729. The lowest BCUT2D eigenvalue weighted by molar-refractivity contribution is -0.147. The summed E-state index contributed by atoms with van der Waals surface area (Å²) in [6, 6.07) is 9.95. The molecule has 0 saturated carbocycles. The van der Waals surface area contributed by atoms with E-state index in [-0.39, 0.29) is 18.4 Å². The summed E-state index contributed by atoms with van der Waals surface area (Å²) in [6.07, 6.45) is 1.59. The zero-order chi connectivity index (χ0) is 17.1. The van der Waals surface area contributed by atoms with Crippen LogP contribution in [-0.2, 0) is 16.0 Å². The van der Waals surface area contributed by atoms with E-state index < -0.39 is 11.9 Å². The van der Waals surface area contributed by atoms with Crippen molar-refractivity contribution in [3.63, 3.8) is 0 Å². The number of thiazole rings is 1. The van der Waals surface area contributed by atoms with E-state index in [9.17, 15) is 14.7 Å². The Balaban J connectivity index is 1.68. The summed E-state index contributed by atoms with van der Waals surface area (Å²) in [5.74, 6) is -1.32. The number of likely N-dealkylation sites (tertiary alicyclic amines) is 1. The summed E-state index contributed by atoms with van der Waals surface area (Å²) in [5, 5.41) is 12.0. The summed E-state index contributed by atoms with van der Waals surface area (Å²) in [7, 11) is 0. The van der Waals surface area contributed by atoms with Crippen molar-refractivity contribution in [1.29, 1.82) is 0 Å². The summed E-state index contributed by atoms with van der Waals surface area (Å²) in [5.41, 5.74) is 1.78. The summed E-state index contributed by atoms with van der Waals surface area (Å²) in [4.78, 5) is 30.0. The van der Waals surface area contributed by atoms with Crippen LogP contribution in [0.4, 0.5) is 0 Å². The lowest BCUT2D eigenvalue weighted by atomic mass is 9.93. The minimum Gasteiger partial charge on any atom is -0.481 e. The molecule has 1 amide bonds. The van der Waals surface area contributed by atoms with Crippen molar-refractivity contribution in [3.05, 3.63) is 41.4 Å². The highest BCUT2D eigenvalue weighted by atomic mass is 32.1. The smallest absolute Gasteiger partial charge is 0.308 e. The number of aliphatic carboxylic acids is 1. The number of benzene rings is 1. The van der Waals surface area contributed by atoms with Gasteiger partial charge in [-0.05, 0) is 19.8 Å². The number of hydrogen-bond donors (Lipinski definition) is 1. The molecule has 0 aliphatic carbocycles. The Morgan fingerprint density at radius 1 is 1.29 bits per heavy atom. The molecule has 2 heterocycles. The van der Waals surface area contributed by atoms with Gasteiger partial charge in [-0.25, -0.2) is 4.98 Å². The average molecular weight is 344 g/mol. The predicted octanol–water partition coefficient (Wildman–Crippen LogP) is 3.06. The van der Waals surface area contributed by atoms with Gasteiger partial charge < -0.3 is 10.0 Å². The number of carbonyl (C=O) groups is 2. The number of rotatable bonds is 4. The quantitative estimate of drug-likeness (QED) is 0.925. The Hall–Kier alpha value is -2.21. The van der Waals surface area contributed by atoms with Crippen molar-refractivity contribution in [2.45, 2.75) is 32.2 Å². The van der Waals surface area contributed by atoms with Gasteiger partial charge in [-0.3, -0.25) is 9.59 Å². The fraction of sp³-hybridized carbons (Fsp3) is 0.389. The van der Waals surface area contributed by atoms with Crippen LogP contribution >= 0.6 is 11.3 Å². The monoisotopic (exact) mass is 344 g/mol. The fourth-order valence-corrected chi connectivity index (χ4v) is 3.84. The SMILES string of the molecule is CC1CCC(C(=O)O)CN1C(=O)Cc1csc(-c2ccccc2)n1. The summed E-state index contributed by atoms with van der Waals surface area (Å²) in [6.45, 7) is 2.28. The molecule has 1 aromatic carbocycles. The summed E-state index contributed by atoms with van der Waals surface area (Å²) < 4.78 is 0. The van der Waals surface area contributed by atoms with Crippen molar-refractivity contribution in [2.75, 3.05) is 6.54 Å². The number of carbonyl (C=O) groups excluding carboxylic acids is 1. The van der Waals surface area contributed by atoms with Gasteiger partial charge in [0.05, 0.1) is 18.0 Å². The van der Waals surface area contributed by atoms with Crippen LogP contribution in [0.15, 0.2) is 35.7 Å². The van der Waals surface area contributed by atoms with Crippen molar-refractivity contribution in [1.82, 2.24) is 9.88 Å². The van der Waals surface area contributed by atoms with Gasteiger partial charge in [-0.2, -0.15) is 0 Å². The largest absolute Gasteiger partial charge is 0.481 e. The molecule has 2 aromatic rings. The van der Waals surface area contributed by atoms with E-state index in [1.807, 2.05) is 42.6 Å². The molecule has 1 aromatic heterocycles. The van der Waals surface area contributed by atoms with Crippen LogP contribution in [0.25, 0.3) is 10.6 Å². The Morgan fingerprint density at radius 2 is 2.04 bits per heavy atom. The molecule has 24 heavy (non-hydrogen) atoms. The van der Waals surface area contributed by atoms with Gasteiger partial charge in [-0.15, -0.1) is 11.3 Å². The first-order chi connectivity index (χ1) is 11.5. The molecular weight excluding hydrogens is 324 g/mol. The lowest BCUT2D eigenvalue weighted by Gasteiger charge is -2.36. The standard InChI is InChI=1S/C18H20N2O3S/c1-12-7-8-14(18(22)23)10-20(12)16(21)9-15-11-24-17(19-15)13-5-3-2-4-6-13/h2-6,11-12,14H,7-10H2,1H3,(H,22,23). The maximum atomic E-state index is 12.6. The van der Waals surface area contributed by atoms with Crippen LogP contribution in [0.1, 0.15) is 25.5 Å². The van der Waals surface area contributed by atoms with E-state index in [1.54, 1.807) is 4.90 Å². The average Bonchev–Trinajstić information content (AvgIpc) is 3.04. The molecule has 1 fully saturated rings. The van der Waals surface area contributed by atoms with E-state index in [4.69, 9.17) is 0 Å². The normalized spacial score (nSPS) is 20.8. The molecule has 126 valence electrons. The molecule has 1 saturated heterocycles. The molecule has 0 radical (unpaired) electrons. The zero-order valence-electron chi connectivity index (χ0n) is 13.5. The second kappa shape index (κ2) is 7.13. The van der Waals surface area contributed by atoms with Crippen LogP contribution in [0.3, 0.4) is 0 Å². The first-order valence-corrected chi connectivity index (χ1v) is 8.94. The fourth-order valence-electron chi connectivity index (χ4n) is 3.01. The minimum absolute atomic E-state index is 0.0432. The number of piperidine rings is 1. The molecule has 5 nitrogen and oxygen atoms in total. The Kier molecular flexibility index (Phi) is 4.94. The molecule has 1 N–H and O–H groups in total. The van der Waals surface area contributed by atoms with Crippen LogP contribution < -0.4 is 0 Å². The predicted molar refractivity (Wildman–Crippen MR) is 92.8 cm³/mol. The topological polar surface area (TPSA) is 70.5 Å². The maximum Gasteiger partial charge on any atom is 0.308 e. The van der Waals surface area contributed by atoms with E-state index in [2.05, 4.69) is 4.98 Å². The van der Waals surface area contributed by atoms with Crippen molar-refractivity contribution in [3.8, 4) is 10.6 Å². The third-order valence-corrected chi connectivity index (χ3v) is 5.40. The van der Waals surface area contributed by atoms with Crippen molar-refractivity contribution >= 4 is 23.2 Å². The third kappa shape index (κ3) is 3.64. The van der Waals surface area contributed by atoms with Gasteiger partial charge in [0.2, 0.25) is 5.91 Å². The van der Waals surface area contributed by atoms with Gasteiger partial charge in [-0.1, -0.05) is 30.3 Å². The molecule has 3 rings (SSSR count).